The maximum absolute atomic E-state index is 11.1. The van der Waals surface area contributed by atoms with Crippen molar-refractivity contribution in [1.29, 1.82) is 0 Å². The molecule has 4 rings (SSSR count). The predicted octanol–water partition coefficient (Wildman–Crippen LogP) is 4.98. The molecule has 1 aliphatic heterocycles. The SMILES string of the molecule is COC(=O)CBr.COc1cc(C(O)c2ccccc2CNc2ccccc2C)cc2c1OCO2. The lowest BCUT2D eigenvalue weighted by Gasteiger charge is -2.18. The number of benzene rings is 3. The molecule has 1 unspecified atom stereocenters. The molecule has 0 aliphatic carbocycles. The molecule has 8 heteroatoms. The van der Waals surface area contributed by atoms with E-state index in [0.717, 1.165) is 16.8 Å². The lowest BCUT2D eigenvalue weighted by Crippen LogP contribution is -2.08. The number of aliphatic hydroxyl groups excluding tert-OH is 1. The lowest BCUT2D eigenvalue weighted by atomic mass is 9.96. The van der Waals surface area contributed by atoms with Crippen LogP contribution in [-0.2, 0) is 16.1 Å². The van der Waals surface area contributed by atoms with E-state index < -0.39 is 6.10 Å². The number of fused-ring (bicyclic) bond motifs is 1. The van der Waals surface area contributed by atoms with Gasteiger partial charge in [0.25, 0.3) is 0 Å². The van der Waals surface area contributed by atoms with Gasteiger partial charge in [-0.05, 0) is 47.4 Å². The first kappa shape index (κ1) is 25.4. The largest absolute Gasteiger partial charge is 0.493 e. The highest BCUT2D eigenvalue weighted by Gasteiger charge is 2.24. The summed E-state index contributed by atoms with van der Waals surface area (Å²) in [5.74, 6) is 1.48. The van der Waals surface area contributed by atoms with Crippen LogP contribution in [0.1, 0.15) is 28.4 Å². The zero-order valence-electron chi connectivity index (χ0n) is 19.3. The molecule has 7 nitrogen and oxygen atoms in total. The number of carbonyl (C=O) groups excluding carboxylic acids is 1. The number of hydrogen-bond donors (Lipinski definition) is 2. The average Bonchev–Trinajstić information content (AvgIpc) is 3.36. The van der Waals surface area contributed by atoms with Crippen molar-refractivity contribution >= 4 is 27.6 Å². The molecule has 0 amide bonds. The summed E-state index contributed by atoms with van der Waals surface area (Å²) in [5.41, 5.74) is 4.82. The second-order valence-corrected chi connectivity index (χ2v) is 8.00. The highest BCUT2D eigenvalue weighted by molar-refractivity contribution is 9.09. The molecule has 1 atom stereocenters. The molecule has 1 aliphatic rings. The van der Waals surface area contributed by atoms with Crippen LogP contribution in [0.5, 0.6) is 17.2 Å². The van der Waals surface area contributed by atoms with Crippen LogP contribution in [0.15, 0.2) is 60.7 Å². The summed E-state index contributed by atoms with van der Waals surface area (Å²) in [5, 5.41) is 14.8. The van der Waals surface area contributed by atoms with Gasteiger partial charge in [-0.15, -0.1) is 0 Å². The fourth-order valence-corrected chi connectivity index (χ4v) is 3.69. The number of carbonyl (C=O) groups is 1. The number of rotatable bonds is 7. The Morgan fingerprint density at radius 3 is 2.53 bits per heavy atom. The van der Waals surface area contributed by atoms with Crippen molar-refractivity contribution in [3.05, 3.63) is 82.9 Å². The van der Waals surface area contributed by atoms with Gasteiger partial charge in [0.15, 0.2) is 11.5 Å². The van der Waals surface area contributed by atoms with Crippen LogP contribution >= 0.6 is 15.9 Å². The van der Waals surface area contributed by atoms with E-state index in [1.165, 1.54) is 12.7 Å². The standard InChI is InChI=1S/C23H23NO4.C3H5BrO2/c1-15-7-3-6-10-19(15)24-13-16-8-4-5-9-18(16)22(25)17-11-20(26-2)23-21(12-17)27-14-28-23;1-6-3(5)2-4/h3-12,22,24-25H,13-14H2,1-2H3;2H2,1H3. The molecule has 0 fully saturated rings. The third-order valence-corrected chi connectivity index (χ3v) is 5.76. The minimum Gasteiger partial charge on any atom is -0.493 e. The summed E-state index contributed by atoms with van der Waals surface area (Å²) in [7, 11) is 2.93. The predicted molar refractivity (Wildman–Crippen MR) is 134 cm³/mol. The number of nitrogens with one attached hydrogen (secondary N) is 1. The Kier molecular flexibility index (Phi) is 9.18. The van der Waals surface area contributed by atoms with E-state index in [4.69, 9.17) is 14.2 Å². The molecule has 0 aromatic heterocycles. The Morgan fingerprint density at radius 2 is 1.85 bits per heavy atom. The van der Waals surface area contributed by atoms with E-state index in [1.807, 2.05) is 36.4 Å². The van der Waals surface area contributed by atoms with E-state index in [0.29, 0.717) is 29.4 Å². The number of para-hydroxylation sites is 1. The van der Waals surface area contributed by atoms with E-state index in [1.54, 1.807) is 19.2 Å². The fraction of sp³-hybridized carbons (Fsp3) is 0.269. The highest BCUT2D eigenvalue weighted by Crippen LogP contribution is 2.44. The molecule has 0 radical (unpaired) electrons. The van der Waals surface area contributed by atoms with Crippen LogP contribution in [0.2, 0.25) is 0 Å². The van der Waals surface area contributed by atoms with Crippen LogP contribution in [0, 0.1) is 6.92 Å². The minimum absolute atomic E-state index is 0.155. The number of ether oxygens (including phenoxy) is 4. The lowest BCUT2D eigenvalue weighted by molar-refractivity contribution is -0.137. The Morgan fingerprint density at radius 1 is 1.12 bits per heavy atom. The zero-order valence-corrected chi connectivity index (χ0v) is 20.9. The van der Waals surface area contributed by atoms with Crippen LogP contribution in [0.25, 0.3) is 0 Å². The Labute approximate surface area is 207 Å². The first-order valence-electron chi connectivity index (χ1n) is 10.6. The topological polar surface area (TPSA) is 86.3 Å². The molecule has 34 heavy (non-hydrogen) atoms. The Hall–Kier alpha value is -3.23. The van der Waals surface area contributed by atoms with Crippen molar-refractivity contribution < 1.29 is 28.8 Å². The van der Waals surface area contributed by atoms with E-state index in [9.17, 15) is 9.90 Å². The van der Waals surface area contributed by atoms with Gasteiger partial charge in [0.2, 0.25) is 12.5 Å². The van der Waals surface area contributed by atoms with Gasteiger partial charge in [-0.1, -0.05) is 58.4 Å². The molecular weight excluding hydrogens is 502 g/mol. The van der Waals surface area contributed by atoms with Gasteiger partial charge in [0.05, 0.1) is 14.2 Å². The van der Waals surface area contributed by atoms with Gasteiger partial charge in [-0.2, -0.15) is 0 Å². The second kappa shape index (κ2) is 12.3. The van der Waals surface area contributed by atoms with Crippen LogP contribution in [-0.4, -0.2) is 37.4 Å². The van der Waals surface area contributed by atoms with Gasteiger partial charge in [0.1, 0.15) is 11.4 Å². The molecule has 0 spiro atoms. The first-order valence-corrected chi connectivity index (χ1v) is 11.8. The molecule has 0 bridgehead atoms. The molecular formula is C26H28BrNO6. The zero-order chi connectivity index (χ0) is 24.5. The van der Waals surface area contributed by atoms with Crippen molar-refractivity contribution in [2.24, 2.45) is 0 Å². The van der Waals surface area contributed by atoms with Crippen molar-refractivity contribution in [2.45, 2.75) is 19.6 Å². The number of halogens is 1. The second-order valence-electron chi connectivity index (χ2n) is 7.44. The van der Waals surface area contributed by atoms with Gasteiger partial charge in [0, 0.05) is 12.2 Å². The van der Waals surface area contributed by atoms with Crippen LogP contribution in [0.4, 0.5) is 5.69 Å². The Balaban J connectivity index is 0.000000481. The summed E-state index contributed by atoms with van der Waals surface area (Å²) in [6, 6.07) is 19.6. The molecule has 0 saturated heterocycles. The van der Waals surface area contributed by atoms with Gasteiger partial charge in [-0.25, -0.2) is 0 Å². The maximum atomic E-state index is 11.1. The van der Waals surface area contributed by atoms with Gasteiger partial charge in [-0.3, -0.25) is 4.79 Å². The monoisotopic (exact) mass is 529 g/mol. The smallest absolute Gasteiger partial charge is 0.316 e. The number of aliphatic hydroxyl groups is 1. The fourth-order valence-electron chi connectivity index (χ4n) is 3.47. The molecule has 2 N–H and O–H groups in total. The number of esters is 1. The Bertz CT molecular complexity index is 1110. The number of alkyl halides is 1. The summed E-state index contributed by atoms with van der Waals surface area (Å²) < 4.78 is 20.6. The quantitative estimate of drug-likeness (QED) is 0.329. The van der Waals surface area contributed by atoms with Crippen molar-refractivity contribution in [1.82, 2.24) is 0 Å². The summed E-state index contributed by atoms with van der Waals surface area (Å²) >= 11 is 2.90. The van der Waals surface area contributed by atoms with E-state index >= 15 is 0 Å². The minimum atomic E-state index is -0.807. The molecule has 1 heterocycles. The third-order valence-electron chi connectivity index (χ3n) is 5.30. The molecule has 0 saturated carbocycles. The highest BCUT2D eigenvalue weighted by atomic mass is 79.9. The third kappa shape index (κ3) is 6.21. The van der Waals surface area contributed by atoms with Crippen LogP contribution in [0.3, 0.4) is 0 Å². The summed E-state index contributed by atoms with van der Waals surface area (Å²) in [4.78, 5) is 9.91. The van der Waals surface area contributed by atoms with E-state index in [2.05, 4.69) is 45.0 Å². The van der Waals surface area contributed by atoms with Crippen molar-refractivity contribution in [3.63, 3.8) is 0 Å². The van der Waals surface area contributed by atoms with Crippen molar-refractivity contribution in [2.75, 3.05) is 31.7 Å². The molecule has 3 aromatic carbocycles. The summed E-state index contributed by atoms with van der Waals surface area (Å²) in [6.45, 7) is 2.84. The summed E-state index contributed by atoms with van der Waals surface area (Å²) in [6.07, 6.45) is -0.807. The van der Waals surface area contributed by atoms with Gasteiger partial charge < -0.3 is 29.4 Å². The molecule has 3 aromatic rings. The average molecular weight is 530 g/mol. The first-order chi connectivity index (χ1) is 16.5. The number of hydrogen-bond acceptors (Lipinski definition) is 7. The number of methoxy groups -OCH3 is 2. The van der Waals surface area contributed by atoms with Gasteiger partial charge >= 0.3 is 5.97 Å². The van der Waals surface area contributed by atoms with Crippen molar-refractivity contribution in [3.8, 4) is 17.2 Å². The number of aryl methyl sites for hydroxylation is 1. The number of anilines is 1. The normalized spacial score (nSPS) is 12.3. The van der Waals surface area contributed by atoms with Crippen LogP contribution < -0.4 is 19.5 Å². The maximum Gasteiger partial charge on any atom is 0.316 e. The molecule has 180 valence electrons. The van der Waals surface area contributed by atoms with E-state index in [-0.39, 0.29) is 18.1 Å².